The van der Waals surface area contributed by atoms with Crippen molar-refractivity contribution in [2.75, 3.05) is 26.0 Å². The topological polar surface area (TPSA) is 38.5 Å². The van der Waals surface area contributed by atoms with Crippen molar-refractivity contribution in [3.63, 3.8) is 0 Å². The first-order chi connectivity index (χ1) is 8.12. The number of rotatable bonds is 3. The summed E-state index contributed by atoms with van der Waals surface area (Å²) in [4.78, 5) is 2.54. The van der Waals surface area contributed by atoms with Crippen molar-refractivity contribution in [3.8, 4) is 0 Å². The zero-order chi connectivity index (χ0) is 12.5. The lowest BCUT2D eigenvalue weighted by Crippen LogP contribution is -2.63. The van der Waals surface area contributed by atoms with Gasteiger partial charge in [-0.2, -0.15) is 11.8 Å². The van der Waals surface area contributed by atoms with Crippen LogP contribution in [0, 0.1) is 0 Å². The Bertz CT molecular complexity index is 264. The van der Waals surface area contributed by atoms with E-state index in [4.69, 9.17) is 10.5 Å². The van der Waals surface area contributed by atoms with E-state index in [1.54, 1.807) is 0 Å². The van der Waals surface area contributed by atoms with Gasteiger partial charge in [-0.05, 0) is 39.0 Å². The Hall–Kier alpha value is 0.230. The van der Waals surface area contributed by atoms with Crippen molar-refractivity contribution in [2.24, 2.45) is 5.73 Å². The highest BCUT2D eigenvalue weighted by atomic mass is 32.2. The van der Waals surface area contributed by atoms with E-state index < -0.39 is 0 Å². The molecule has 2 aliphatic rings. The summed E-state index contributed by atoms with van der Waals surface area (Å²) in [5.74, 6) is 1.29. The number of hydrogen-bond donors (Lipinski definition) is 1. The molecule has 0 amide bonds. The summed E-state index contributed by atoms with van der Waals surface area (Å²) < 4.78 is 5.71. The second-order valence-electron chi connectivity index (χ2n) is 5.47. The third-order valence-corrected chi connectivity index (χ3v) is 6.23. The minimum absolute atomic E-state index is 0.176. The molecule has 0 aliphatic carbocycles. The summed E-state index contributed by atoms with van der Waals surface area (Å²) in [6, 6.07) is 0.541. The maximum absolute atomic E-state index is 6.15. The lowest BCUT2D eigenvalue weighted by Gasteiger charge is -2.51. The minimum atomic E-state index is 0.176. The predicted octanol–water partition coefficient (Wildman–Crippen LogP) is 1.71. The monoisotopic (exact) mass is 258 g/mol. The van der Waals surface area contributed by atoms with Crippen LogP contribution >= 0.6 is 11.8 Å². The number of thioether (sulfide) groups is 1. The van der Waals surface area contributed by atoms with Crippen LogP contribution < -0.4 is 5.73 Å². The summed E-state index contributed by atoms with van der Waals surface area (Å²) >= 11 is 2.08. The van der Waals surface area contributed by atoms with Crippen molar-refractivity contribution < 1.29 is 4.74 Å². The van der Waals surface area contributed by atoms with Gasteiger partial charge in [0.15, 0.2) is 0 Å². The van der Waals surface area contributed by atoms with Gasteiger partial charge in [-0.3, -0.25) is 4.90 Å². The third kappa shape index (κ3) is 2.37. The molecule has 2 heterocycles. The third-order valence-electron chi connectivity index (χ3n) is 4.77. The fraction of sp³-hybridized carbons (Fsp3) is 1.00. The molecule has 0 aromatic heterocycles. The number of hydrogen-bond acceptors (Lipinski definition) is 4. The molecule has 0 saturated carbocycles. The highest BCUT2D eigenvalue weighted by Gasteiger charge is 2.45. The molecule has 0 bridgehead atoms. The smallest absolute Gasteiger partial charge is 0.0703 e. The van der Waals surface area contributed by atoms with Gasteiger partial charge in [0.2, 0.25) is 0 Å². The van der Waals surface area contributed by atoms with Crippen LogP contribution in [0.2, 0.25) is 0 Å². The summed E-state index contributed by atoms with van der Waals surface area (Å²) in [5, 5.41) is 0.624. The van der Waals surface area contributed by atoms with Crippen LogP contribution in [0.25, 0.3) is 0 Å². The van der Waals surface area contributed by atoms with Crippen LogP contribution in [-0.4, -0.2) is 53.8 Å². The summed E-state index contributed by atoms with van der Waals surface area (Å²) in [6.45, 7) is 6.20. The normalized spacial score (nSPS) is 43.2. The van der Waals surface area contributed by atoms with E-state index in [1.165, 1.54) is 18.6 Å². The number of nitrogens with zero attached hydrogens (tertiary/aromatic N) is 1. The zero-order valence-corrected chi connectivity index (χ0v) is 12.1. The molecular formula is C13H26N2OS. The van der Waals surface area contributed by atoms with E-state index in [2.05, 4.69) is 37.6 Å². The molecule has 0 aromatic carbocycles. The van der Waals surface area contributed by atoms with E-state index in [0.717, 1.165) is 19.6 Å². The zero-order valence-electron chi connectivity index (χ0n) is 11.3. The molecule has 4 unspecified atom stereocenters. The van der Waals surface area contributed by atoms with Gasteiger partial charge in [0.1, 0.15) is 0 Å². The quantitative estimate of drug-likeness (QED) is 0.836. The molecule has 2 rings (SSSR count). The molecule has 0 spiro atoms. The molecule has 17 heavy (non-hydrogen) atoms. The molecule has 2 saturated heterocycles. The van der Waals surface area contributed by atoms with E-state index in [0.29, 0.717) is 17.4 Å². The average Bonchev–Trinajstić information content (AvgIpc) is 2.75. The van der Waals surface area contributed by atoms with Crippen LogP contribution in [0.15, 0.2) is 0 Å². The fourth-order valence-electron chi connectivity index (χ4n) is 3.43. The van der Waals surface area contributed by atoms with Crippen molar-refractivity contribution in [1.29, 1.82) is 0 Å². The number of likely N-dealkylation sites (N-methyl/N-ethyl adjacent to an activating group) is 1. The molecule has 0 aromatic rings. The minimum Gasteiger partial charge on any atom is -0.377 e. The molecule has 3 nitrogen and oxygen atoms in total. The number of ether oxygens (including phenoxy) is 1. The Morgan fingerprint density at radius 3 is 2.76 bits per heavy atom. The standard InChI is InChI=1S/C13H26N2OS/c1-10-12(5-7-16-10)15(3)13(9-14)6-4-8-17-11(13)2/h10-12H,4-9,14H2,1-3H3. The molecule has 2 fully saturated rings. The Kier molecular flexibility index (Phi) is 4.40. The lowest BCUT2D eigenvalue weighted by atomic mass is 9.86. The molecule has 100 valence electrons. The maximum atomic E-state index is 6.15. The first-order valence-electron chi connectivity index (χ1n) is 6.78. The summed E-state index contributed by atoms with van der Waals surface area (Å²) in [6.07, 6.45) is 4.02. The predicted molar refractivity (Wildman–Crippen MR) is 74.5 cm³/mol. The van der Waals surface area contributed by atoms with E-state index >= 15 is 0 Å². The van der Waals surface area contributed by atoms with Gasteiger partial charge in [-0.1, -0.05) is 6.92 Å². The molecule has 0 radical (unpaired) electrons. The van der Waals surface area contributed by atoms with Gasteiger partial charge in [-0.15, -0.1) is 0 Å². The Morgan fingerprint density at radius 2 is 2.24 bits per heavy atom. The van der Waals surface area contributed by atoms with Crippen LogP contribution in [0.5, 0.6) is 0 Å². The van der Waals surface area contributed by atoms with Crippen molar-refractivity contribution in [2.45, 2.75) is 56.0 Å². The van der Waals surface area contributed by atoms with Crippen LogP contribution in [0.3, 0.4) is 0 Å². The largest absolute Gasteiger partial charge is 0.377 e. The Labute approximate surface area is 109 Å². The number of nitrogens with two attached hydrogens (primary N) is 1. The second kappa shape index (κ2) is 5.47. The van der Waals surface area contributed by atoms with Gasteiger partial charge in [0.25, 0.3) is 0 Å². The van der Waals surface area contributed by atoms with Crippen LogP contribution in [0.1, 0.15) is 33.1 Å². The Morgan fingerprint density at radius 1 is 1.47 bits per heavy atom. The second-order valence-corrected chi connectivity index (χ2v) is 6.92. The molecular weight excluding hydrogens is 232 g/mol. The van der Waals surface area contributed by atoms with Crippen LogP contribution in [0.4, 0.5) is 0 Å². The van der Waals surface area contributed by atoms with Gasteiger partial charge in [-0.25, -0.2) is 0 Å². The van der Waals surface area contributed by atoms with Gasteiger partial charge in [0, 0.05) is 30.0 Å². The van der Waals surface area contributed by atoms with Crippen molar-refractivity contribution >= 4 is 11.8 Å². The summed E-state index contributed by atoms with van der Waals surface area (Å²) in [7, 11) is 2.26. The van der Waals surface area contributed by atoms with Gasteiger partial charge < -0.3 is 10.5 Å². The first-order valence-corrected chi connectivity index (χ1v) is 7.83. The highest BCUT2D eigenvalue weighted by molar-refractivity contribution is 8.00. The van der Waals surface area contributed by atoms with Crippen LogP contribution in [-0.2, 0) is 4.74 Å². The fourth-order valence-corrected chi connectivity index (χ4v) is 4.79. The van der Waals surface area contributed by atoms with E-state index in [-0.39, 0.29) is 5.54 Å². The highest BCUT2D eigenvalue weighted by Crippen LogP contribution is 2.39. The van der Waals surface area contributed by atoms with Gasteiger partial charge in [0.05, 0.1) is 6.10 Å². The van der Waals surface area contributed by atoms with Crippen molar-refractivity contribution in [3.05, 3.63) is 0 Å². The summed E-state index contributed by atoms with van der Waals surface area (Å²) in [5.41, 5.74) is 6.32. The van der Waals surface area contributed by atoms with Gasteiger partial charge >= 0.3 is 0 Å². The molecule has 4 heteroatoms. The lowest BCUT2D eigenvalue weighted by molar-refractivity contribution is 0.0226. The Balaban J connectivity index is 2.15. The maximum Gasteiger partial charge on any atom is 0.0703 e. The molecule has 4 atom stereocenters. The van der Waals surface area contributed by atoms with E-state index in [9.17, 15) is 0 Å². The average molecular weight is 258 g/mol. The van der Waals surface area contributed by atoms with E-state index in [1.807, 2.05) is 0 Å². The molecule has 2 aliphatic heterocycles. The first kappa shape index (κ1) is 13.7. The SMILES string of the molecule is CC1OCCC1N(C)C1(CN)CCCSC1C. The van der Waals surface area contributed by atoms with Crippen molar-refractivity contribution in [1.82, 2.24) is 4.90 Å². The molecule has 2 N–H and O–H groups in total.